The van der Waals surface area contributed by atoms with Gasteiger partial charge in [-0.25, -0.2) is 14.2 Å². The van der Waals surface area contributed by atoms with Crippen molar-refractivity contribution in [2.45, 2.75) is 13.3 Å². The number of carbonyl (C=O) groups is 1. The first-order valence-corrected chi connectivity index (χ1v) is 3.53. The van der Waals surface area contributed by atoms with Gasteiger partial charge in [0.05, 0.1) is 0 Å². The third-order valence-corrected chi connectivity index (χ3v) is 1.51. The first-order valence-electron chi connectivity index (χ1n) is 3.53. The average Bonchev–Trinajstić information content (AvgIpc) is 2.03. The summed E-state index contributed by atoms with van der Waals surface area (Å²) in [6.45, 7) is 1.84. The van der Waals surface area contributed by atoms with Crippen LogP contribution in [-0.4, -0.2) is 16.1 Å². The molecular weight excluding hydrogens is 161 g/mol. The quantitative estimate of drug-likeness (QED) is 0.729. The number of nitrogens with zero attached hydrogens (tertiary/aromatic N) is 1. The van der Waals surface area contributed by atoms with Crippen LogP contribution >= 0.6 is 0 Å². The van der Waals surface area contributed by atoms with Crippen LogP contribution in [0.25, 0.3) is 0 Å². The molecule has 0 aliphatic heterocycles. The Morgan fingerprint density at radius 1 is 1.75 bits per heavy atom. The molecule has 1 aromatic heterocycles. The van der Waals surface area contributed by atoms with E-state index in [0.717, 1.165) is 0 Å². The van der Waals surface area contributed by atoms with Gasteiger partial charge in [0.1, 0.15) is 0 Å². The van der Waals surface area contributed by atoms with E-state index >= 15 is 0 Å². The monoisotopic (exact) mass is 169 g/mol. The molecule has 0 atom stereocenters. The zero-order valence-electron chi connectivity index (χ0n) is 6.54. The maximum absolute atomic E-state index is 12.8. The molecule has 0 fully saturated rings. The standard InChI is InChI=1S/C8H8FNO2/c1-2-5-3-6(9)7(8(11)12)10-4-5/h3-4H,2H2,1H3,(H,11,12). The van der Waals surface area contributed by atoms with Gasteiger partial charge in [0.25, 0.3) is 0 Å². The summed E-state index contributed by atoms with van der Waals surface area (Å²) < 4.78 is 12.8. The lowest BCUT2D eigenvalue weighted by Gasteiger charge is -1.98. The number of aromatic nitrogens is 1. The summed E-state index contributed by atoms with van der Waals surface area (Å²) in [5.74, 6) is -2.11. The van der Waals surface area contributed by atoms with Gasteiger partial charge < -0.3 is 5.11 Å². The van der Waals surface area contributed by atoms with Crippen LogP contribution in [-0.2, 0) is 6.42 Å². The molecule has 0 aliphatic carbocycles. The largest absolute Gasteiger partial charge is 0.476 e. The van der Waals surface area contributed by atoms with Crippen molar-refractivity contribution in [3.63, 3.8) is 0 Å². The Kier molecular flexibility index (Phi) is 2.38. The highest BCUT2D eigenvalue weighted by Gasteiger charge is 2.11. The number of halogens is 1. The van der Waals surface area contributed by atoms with E-state index in [-0.39, 0.29) is 0 Å². The molecular formula is C8H8FNO2. The molecule has 0 amide bonds. The molecule has 64 valence electrons. The summed E-state index contributed by atoms with van der Waals surface area (Å²) in [6, 6.07) is 1.19. The van der Waals surface area contributed by atoms with Crippen LogP contribution in [0.3, 0.4) is 0 Å². The molecule has 0 saturated carbocycles. The summed E-state index contributed by atoms with van der Waals surface area (Å²) in [5.41, 5.74) is 0.171. The molecule has 0 bridgehead atoms. The van der Waals surface area contributed by atoms with Crippen molar-refractivity contribution in [2.24, 2.45) is 0 Å². The van der Waals surface area contributed by atoms with Crippen molar-refractivity contribution in [2.75, 3.05) is 0 Å². The number of aryl methyl sites for hydroxylation is 1. The summed E-state index contributed by atoms with van der Waals surface area (Å²) in [4.78, 5) is 13.8. The van der Waals surface area contributed by atoms with E-state index in [2.05, 4.69) is 4.98 Å². The van der Waals surface area contributed by atoms with Crippen molar-refractivity contribution in [1.82, 2.24) is 4.98 Å². The fraction of sp³-hybridized carbons (Fsp3) is 0.250. The van der Waals surface area contributed by atoms with Crippen LogP contribution in [0.1, 0.15) is 23.0 Å². The van der Waals surface area contributed by atoms with Crippen LogP contribution in [0.4, 0.5) is 4.39 Å². The summed E-state index contributed by atoms with van der Waals surface area (Å²) in [6.07, 6.45) is 2.01. The van der Waals surface area contributed by atoms with E-state index in [1.165, 1.54) is 12.3 Å². The van der Waals surface area contributed by atoms with Gasteiger partial charge in [-0.15, -0.1) is 0 Å². The molecule has 1 N–H and O–H groups in total. The fourth-order valence-electron chi connectivity index (χ4n) is 0.828. The van der Waals surface area contributed by atoms with Crippen LogP contribution < -0.4 is 0 Å². The van der Waals surface area contributed by atoms with Crippen LogP contribution in [0.2, 0.25) is 0 Å². The molecule has 12 heavy (non-hydrogen) atoms. The number of carboxylic acids is 1. The Morgan fingerprint density at radius 2 is 2.42 bits per heavy atom. The summed E-state index contributed by atoms with van der Waals surface area (Å²) in [7, 11) is 0. The molecule has 0 unspecified atom stereocenters. The predicted octanol–water partition coefficient (Wildman–Crippen LogP) is 1.48. The number of rotatable bonds is 2. The van der Waals surface area contributed by atoms with Gasteiger partial charge in [-0.05, 0) is 18.1 Å². The number of hydrogen-bond donors (Lipinski definition) is 1. The number of hydrogen-bond acceptors (Lipinski definition) is 2. The lowest BCUT2D eigenvalue weighted by molar-refractivity contribution is 0.0685. The third-order valence-electron chi connectivity index (χ3n) is 1.51. The Balaban J connectivity index is 3.12. The Labute approximate surface area is 68.9 Å². The average molecular weight is 169 g/mol. The van der Waals surface area contributed by atoms with E-state index in [9.17, 15) is 9.18 Å². The molecule has 0 spiro atoms. The molecule has 1 heterocycles. The predicted molar refractivity (Wildman–Crippen MR) is 40.5 cm³/mol. The maximum atomic E-state index is 12.8. The third kappa shape index (κ3) is 1.58. The topological polar surface area (TPSA) is 50.2 Å². The number of carboxylic acid groups (broad SMARTS) is 1. The Bertz CT molecular complexity index is 312. The molecule has 1 rings (SSSR count). The minimum Gasteiger partial charge on any atom is -0.476 e. The highest BCUT2D eigenvalue weighted by atomic mass is 19.1. The highest BCUT2D eigenvalue weighted by molar-refractivity contribution is 5.85. The van der Waals surface area contributed by atoms with Crippen molar-refractivity contribution in [3.8, 4) is 0 Å². The second-order valence-corrected chi connectivity index (χ2v) is 2.33. The second kappa shape index (κ2) is 3.30. The first-order chi connectivity index (χ1) is 5.65. The first kappa shape index (κ1) is 8.64. The van der Waals surface area contributed by atoms with Gasteiger partial charge in [0.2, 0.25) is 0 Å². The van der Waals surface area contributed by atoms with Crippen molar-refractivity contribution >= 4 is 5.97 Å². The number of aromatic carboxylic acids is 1. The van der Waals surface area contributed by atoms with E-state index < -0.39 is 17.5 Å². The highest BCUT2D eigenvalue weighted by Crippen LogP contribution is 2.07. The van der Waals surface area contributed by atoms with Crippen molar-refractivity contribution in [1.29, 1.82) is 0 Å². The van der Waals surface area contributed by atoms with Crippen molar-refractivity contribution in [3.05, 3.63) is 29.3 Å². The molecule has 0 aromatic carbocycles. The Hall–Kier alpha value is -1.45. The van der Waals surface area contributed by atoms with E-state index in [1.54, 1.807) is 0 Å². The smallest absolute Gasteiger partial charge is 0.357 e. The van der Waals surface area contributed by atoms with Crippen LogP contribution in [0.15, 0.2) is 12.3 Å². The summed E-state index contributed by atoms with van der Waals surface area (Å²) in [5, 5.41) is 8.43. The van der Waals surface area contributed by atoms with Gasteiger partial charge in [-0.3, -0.25) is 0 Å². The lowest BCUT2D eigenvalue weighted by Crippen LogP contribution is -2.04. The van der Waals surface area contributed by atoms with Crippen molar-refractivity contribution < 1.29 is 14.3 Å². The second-order valence-electron chi connectivity index (χ2n) is 2.33. The molecule has 0 aliphatic rings. The van der Waals surface area contributed by atoms with Gasteiger partial charge in [-0.2, -0.15) is 0 Å². The van der Waals surface area contributed by atoms with E-state index in [4.69, 9.17) is 5.11 Å². The molecule has 0 radical (unpaired) electrons. The van der Waals surface area contributed by atoms with Crippen LogP contribution in [0.5, 0.6) is 0 Å². The zero-order valence-corrected chi connectivity index (χ0v) is 6.54. The zero-order chi connectivity index (χ0) is 9.14. The van der Waals surface area contributed by atoms with E-state index in [1.807, 2.05) is 6.92 Å². The maximum Gasteiger partial charge on any atom is 0.357 e. The van der Waals surface area contributed by atoms with E-state index in [0.29, 0.717) is 12.0 Å². The minimum atomic E-state index is -1.34. The minimum absolute atomic E-state index is 0.521. The number of pyridine rings is 1. The summed E-state index contributed by atoms with van der Waals surface area (Å²) >= 11 is 0. The van der Waals surface area contributed by atoms with Gasteiger partial charge in [-0.1, -0.05) is 6.92 Å². The van der Waals surface area contributed by atoms with Crippen LogP contribution in [0, 0.1) is 5.82 Å². The molecule has 0 saturated heterocycles. The van der Waals surface area contributed by atoms with Gasteiger partial charge in [0.15, 0.2) is 11.5 Å². The van der Waals surface area contributed by atoms with Gasteiger partial charge in [0, 0.05) is 6.20 Å². The molecule has 1 aromatic rings. The molecule has 4 heteroatoms. The fourth-order valence-corrected chi connectivity index (χ4v) is 0.828. The van der Waals surface area contributed by atoms with Gasteiger partial charge >= 0.3 is 5.97 Å². The molecule has 3 nitrogen and oxygen atoms in total. The normalized spacial score (nSPS) is 9.83. The Morgan fingerprint density at radius 3 is 2.83 bits per heavy atom. The SMILES string of the molecule is CCc1cnc(C(=O)O)c(F)c1. The lowest BCUT2D eigenvalue weighted by atomic mass is 10.2.